The Balaban J connectivity index is 3.92. The average molecular weight is 220 g/mol. The summed E-state index contributed by atoms with van der Waals surface area (Å²) in [4.78, 5) is 0. The number of halogens is 2. The number of rotatable bonds is 4. The van der Waals surface area contributed by atoms with Crippen molar-refractivity contribution in [3.63, 3.8) is 0 Å². The van der Waals surface area contributed by atoms with Crippen LogP contribution in [0.1, 0.15) is 20.3 Å². The van der Waals surface area contributed by atoms with Crippen molar-refractivity contribution in [2.45, 2.75) is 25.8 Å². The van der Waals surface area contributed by atoms with Crippen molar-refractivity contribution in [2.75, 3.05) is 5.75 Å². The lowest BCUT2D eigenvalue weighted by Crippen LogP contribution is -2.32. The second-order valence-electron chi connectivity index (χ2n) is 2.85. The van der Waals surface area contributed by atoms with E-state index in [1.165, 1.54) is 0 Å². The van der Waals surface area contributed by atoms with E-state index in [-0.39, 0.29) is 5.75 Å². The van der Waals surface area contributed by atoms with E-state index in [0.717, 1.165) is 3.94 Å². The second kappa shape index (κ2) is 4.50. The summed E-state index contributed by atoms with van der Waals surface area (Å²) in [6.45, 7) is 3.54. The maximum absolute atomic E-state index is 10.2. The zero-order valence-electron chi connectivity index (χ0n) is 6.38. The molecule has 0 aromatic carbocycles. The van der Waals surface area contributed by atoms with Crippen LogP contribution < -0.4 is 0 Å². The highest BCUT2D eigenvalue weighted by molar-refractivity contribution is 7.72. The average Bonchev–Trinajstić information content (AvgIpc) is 1.84. The van der Waals surface area contributed by atoms with E-state index in [9.17, 15) is 8.42 Å². The molecule has 0 aliphatic rings. The van der Waals surface area contributed by atoms with Gasteiger partial charge in [-0.05, 0) is 43.8 Å². The van der Waals surface area contributed by atoms with Crippen LogP contribution in [0.3, 0.4) is 0 Å². The first kappa shape index (κ1) is 11.5. The molecule has 0 N–H and O–H groups in total. The predicted molar refractivity (Wildman–Crippen MR) is 47.4 cm³/mol. The molecule has 0 atom stereocenters. The molecule has 0 aromatic rings. The highest BCUT2D eigenvalue weighted by Gasteiger charge is 2.23. The quantitative estimate of drug-likeness (QED) is 0.574. The molecular formula is C5H11Cl2NO2S. The Kier molecular flexibility index (Phi) is 4.70. The van der Waals surface area contributed by atoms with Crippen molar-refractivity contribution in [1.82, 2.24) is 3.94 Å². The first-order chi connectivity index (χ1) is 4.86. The molecule has 0 aromatic heterocycles. The van der Waals surface area contributed by atoms with Gasteiger partial charge in [0, 0.05) is 11.3 Å². The molecule has 0 heterocycles. The van der Waals surface area contributed by atoms with E-state index in [1.54, 1.807) is 13.8 Å². The van der Waals surface area contributed by atoms with Crippen LogP contribution in [0.5, 0.6) is 0 Å². The summed E-state index contributed by atoms with van der Waals surface area (Å²) < 4.78 is 21.4. The minimum Gasteiger partial charge on any atom is -0.232 e. The van der Waals surface area contributed by atoms with E-state index in [2.05, 4.69) is 0 Å². The molecule has 0 saturated heterocycles. The predicted octanol–water partition coefficient (Wildman–Crippen LogP) is 1.38. The number of hydrogen-bond donors (Lipinski definition) is 1. The van der Waals surface area contributed by atoms with Gasteiger partial charge in [0.25, 0.3) is 0 Å². The van der Waals surface area contributed by atoms with Crippen LogP contribution >= 0.6 is 23.6 Å². The molecular weight excluding hydrogens is 209 g/mol. The van der Waals surface area contributed by atoms with Gasteiger partial charge in [-0.1, -0.05) is 0 Å². The molecule has 0 saturated carbocycles. The summed E-state index contributed by atoms with van der Waals surface area (Å²) >= 11 is 10.9. The van der Waals surface area contributed by atoms with Gasteiger partial charge in [-0.2, -0.15) is 0 Å². The highest BCUT2D eigenvalue weighted by atomic mass is 35.5. The van der Waals surface area contributed by atoms with Gasteiger partial charge < -0.3 is 0 Å². The van der Waals surface area contributed by atoms with Crippen LogP contribution in [-0.2, 0) is 10.7 Å². The summed E-state index contributed by atoms with van der Waals surface area (Å²) in [7, 11) is -2.33. The molecule has 0 unspecified atom stereocenters. The largest absolute Gasteiger partial charge is 0.232 e. The summed E-state index contributed by atoms with van der Waals surface area (Å²) in [5.41, 5.74) is -0.488. The van der Waals surface area contributed by atoms with Crippen molar-refractivity contribution in [3.8, 4) is 0 Å². The summed E-state index contributed by atoms with van der Waals surface area (Å²) in [6.07, 6.45) is 0.429. The molecule has 0 spiro atoms. The SMILES string of the molecule is CC(C)(CC[SH](=O)=O)N(Cl)Cl. The van der Waals surface area contributed by atoms with E-state index >= 15 is 0 Å². The van der Waals surface area contributed by atoms with E-state index < -0.39 is 16.2 Å². The van der Waals surface area contributed by atoms with Gasteiger partial charge in [-0.15, -0.1) is 3.94 Å². The Hall–Kier alpha value is 0.490. The van der Waals surface area contributed by atoms with Crippen LogP contribution in [0, 0.1) is 0 Å². The van der Waals surface area contributed by atoms with Gasteiger partial charge in [0.1, 0.15) is 10.7 Å². The topological polar surface area (TPSA) is 37.4 Å². The standard InChI is InChI=1S/C5H11Cl2NO2S/c1-5(2,8(6)7)3-4-11(9)10/h11H,3-4H2,1-2H3. The number of nitrogens with zero attached hydrogens (tertiary/aromatic N) is 1. The molecule has 0 amide bonds. The van der Waals surface area contributed by atoms with Gasteiger partial charge in [0.05, 0.1) is 0 Å². The van der Waals surface area contributed by atoms with Crippen molar-refractivity contribution < 1.29 is 8.42 Å². The first-order valence-electron chi connectivity index (χ1n) is 3.10. The Labute approximate surface area is 78.4 Å². The van der Waals surface area contributed by atoms with Gasteiger partial charge in [-0.25, -0.2) is 8.42 Å². The molecule has 68 valence electrons. The Morgan fingerprint density at radius 2 is 1.82 bits per heavy atom. The zero-order valence-corrected chi connectivity index (χ0v) is 8.79. The van der Waals surface area contributed by atoms with E-state index in [4.69, 9.17) is 23.6 Å². The molecule has 0 aliphatic carbocycles. The van der Waals surface area contributed by atoms with E-state index in [1.807, 2.05) is 0 Å². The molecule has 0 bridgehead atoms. The van der Waals surface area contributed by atoms with Gasteiger partial charge >= 0.3 is 0 Å². The fourth-order valence-corrected chi connectivity index (χ4v) is 1.35. The molecule has 6 heteroatoms. The van der Waals surface area contributed by atoms with Crippen LogP contribution in [-0.4, -0.2) is 23.6 Å². The minimum absolute atomic E-state index is 0.109. The molecule has 0 aliphatic heterocycles. The Bertz CT molecular complexity index is 183. The maximum atomic E-state index is 10.2. The monoisotopic (exact) mass is 219 g/mol. The normalized spacial score (nSPS) is 12.9. The van der Waals surface area contributed by atoms with Crippen LogP contribution in [0.2, 0.25) is 0 Å². The number of thiol groups is 1. The molecule has 0 fully saturated rings. The van der Waals surface area contributed by atoms with Crippen LogP contribution in [0.4, 0.5) is 0 Å². The fraction of sp³-hybridized carbons (Fsp3) is 1.00. The van der Waals surface area contributed by atoms with Crippen molar-refractivity contribution in [3.05, 3.63) is 0 Å². The number of hydrogen-bond acceptors (Lipinski definition) is 3. The second-order valence-corrected chi connectivity index (χ2v) is 4.81. The fourth-order valence-electron chi connectivity index (χ4n) is 0.449. The molecule has 3 nitrogen and oxygen atoms in total. The summed E-state index contributed by atoms with van der Waals surface area (Å²) in [5.74, 6) is 0.109. The first-order valence-corrected chi connectivity index (χ1v) is 5.14. The Morgan fingerprint density at radius 3 is 2.09 bits per heavy atom. The third-order valence-electron chi connectivity index (χ3n) is 1.36. The van der Waals surface area contributed by atoms with E-state index in [0.29, 0.717) is 6.42 Å². The maximum Gasteiger partial charge on any atom is 0.140 e. The van der Waals surface area contributed by atoms with Gasteiger partial charge in [-0.3, -0.25) is 0 Å². The lowest BCUT2D eigenvalue weighted by molar-refractivity contribution is 0.342. The summed E-state index contributed by atoms with van der Waals surface area (Å²) in [5, 5.41) is 0. The lowest BCUT2D eigenvalue weighted by atomic mass is 10.0. The minimum atomic E-state index is -2.33. The zero-order chi connectivity index (χ0) is 9.07. The Morgan fingerprint density at radius 1 is 1.36 bits per heavy atom. The van der Waals surface area contributed by atoms with Crippen molar-refractivity contribution in [1.29, 1.82) is 0 Å². The molecule has 11 heavy (non-hydrogen) atoms. The molecule has 0 radical (unpaired) electrons. The third-order valence-corrected chi connectivity index (χ3v) is 2.87. The van der Waals surface area contributed by atoms with Gasteiger partial charge in [0.15, 0.2) is 0 Å². The smallest absolute Gasteiger partial charge is 0.140 e. The lowest BCUT2D eigenvalue weighted by Gasteiger charge is -2.26. The molecule has 0 rings (SSSR count). The van der Waals surface area contributed by atoms with Crippen molar-refractivity contribution >= 4 is 34.3 Å². The highest BCUT2D eigenvalue weighted by Crippen LogP contribution is 2.22. The van der Waals surface area contributed by atoms with Crippen molar-refractivity contribution in [2.24, 2.45) is 0 Å². The summed E-state index contributed by atoms with van der Waals surface area (Å²) in [6, 6.07) is 0. The van der Waals surface area contributed by atoms with Crippen LogP contribution in [0.15, 0.2) is 0 Å². The third kappa shape index (κ3) is 4.85. The van der Waals surface area contributed by atoms with Gasteiger partial charge in [0.2, 0.25) is 0 Å². The van der Waals surface area contributed by atoms with Crippen LogP contribution in [0.25, 0.3) is 0 Å².